The van der Waals surface area contributed by atoms with E-state index in [0.717, 1.165) is 28.8 Å². The molecule has 0 bridgehead atoms. The van der Waals surface area contributed by atoms with E-state index in [4.69, 9.17) is 0 Å². The van der Waals surface area contributed by atoms with Crippen LogP contribution in [-0.2, 0) is 6.42 Å². The minimum Gasteiger partial charge on any atom is -0.388 e. The van der Waals surface area contributed by atoms with E-state index in [1.54, 1.807) is 0 Å². The number of halogens is 2. The molecule has 0 aliphatic heterocycles. The van der Waals surface area contributed by atoms with Crippen molar-refractivity contribution in [2.45, 2.75) is 33.3 Å². The summed E-state index contributed by atoms with van der Waals surface area (Å²) in [5.41, 5.74) is 3.30. The van der Waals surface area contributed by atoms with Crippen LogP contribution in [-0.4, -0.2) is 5.11 Å². The summed E-state index contributed by atoms with van der Waals surface area (Å²) in [6.07, 6.45) is -0.780. The molecule has 0 radical (unpaired) electrons. The Morgan fingerprint density at radius 2 is 1.65 bits per heavy atom. The fourth-order valence-electron chi connectivity index (χ4n) is 2.26. The topological polar surface area (TPSA) is 20.2 Å². The molecular weight excluding hydrogens is 258 g/mol. The van der Waals surface area contributed by atoms with Gasteiger partial charge < -0.3 is 5.11 Å². The lowest BCUT2D eigenvalue weighted by Gasteiger charge is -2.15. The molecule has 0 aliphatic rings. The van der Waals surface area contributed by atoms with Gasteiger partial charge >= 0.3 is 0 Å². The highest BCUT2D eigenvalue weighted by molar-refractivity contribution is 5.33. The van der Waals surface area contributed by atoms with Gasteiger partial charge in [0.15, 0.2) is 0 Å². The van der Waals surface area contributed by atoms with Gasteiger partial charge in [0.2, 0.25) is 0 Å². The molecule has 2 rings (SSSR count). The van der Waals surface area contributed by atoms with Crippen LogP contribution in [0.2, 0.25) is 0 Å². The summed E-state index contributed by atoms with van der Waals surface area (Å²) >= 11 is 0. The first-order valence-corrected chi connectivity index (χ1v) is 6.58. The van der Waals surface area contributed by atoms with Gasteiger partial charge in [0.25, 0.3) is 0 Å². The monoisotopic (exact) mass is 276 g/mol. The largest absolute Gasteiger partial charge is 0.388 e. The minimum absolute atomic E-state index is 0.00834. The summed E-state index contributed by atoms with van der Waals surface area (Å²) in [7, 11) is 0. The van der Waals surface area contributed by atoms with Gasteiger partial charge in [-0.25, -0.2) is 8.78 Å². The highest BCUT2D eigenvalue weighted by Crippen LogP contribution is 2.25. The Balaban J connectivity index is 2.30. The molecule has 1 N–H and O–H groups in total. The van der Waals surface area contributed by atoms with Crippen molar-refractivity contribution in [3.05, 3.63) is 69.8 Å². The molecule has 1 unspecified atom stereocenters. The van der Waals surface area contributed by atoms with Gasteiger partial charge in [-0.1, -0.05) is 23.8 Å². The zero-order chi connectivity index (χ0) is 14.9. The van der Waals surface area contributed by atoms with Crippen molar-refractivity contribution >= 4 is 0 Å². The van der Waals surface area contributed by atoms with Crippen LogP contribution >= 0.6 is 0 Å². The van der Waals surface area contributed by atoms with Gasteiger partial charge in [-0.2, -0.15) is 0 Å². The number of hydrogen-bond acceptors (Lipinski definition) is 1. The third kappa shape index (κ3) is 3.05. The Labute approximate surface area is 117 Å². The van der Waals surface area contributed by atoms with Crippen molar-refractivity contribution in [1.82, 2.24) is 0 Å². The molecule has 0 aromatic heterocycles. The minimum atomic E-state index is -1.05. The molecule has 0 saturated carbocycles. The Kier molecular flexibility index (Phi) is 4.19. The molecule has 3 heteroatoms. The van der Waals surface area contributed by atoms with Gasteiger partial charge in [0.05, 0.1) is 6.10 Å². The fourth-order valence-corrected chi connectivity index (χ4v) is 2.26. The zero-order valence-corrected chi connectivity index (χ0v) is 11.9. The zero-order valence-electron chi connectivity index (χ0n) is 11.9. The normalized spacial score (nSPS) is 12.5. The molecule has 0 heterocycles. The molecule has 106 valence electrons. The van der Waals surface area contributed by atoms with Crippen LogP contribution in [0.25, 0.3) is 0 Å². The van der Waals surface area contributed by atoms with Crippen molar-refractivity contribution in [3.63, 3.8) is 0 Å². The number of aliphatic hydroxyl groups excluding tert-OH is 1. The van der Waals surface area contributed by atoms with Crippen LogP contribution in [0.5, 0.6) is 0 Å². The Morgan fingerprint density at radius 3 is 2.35 bits per heavy atom. The molecule has 2 aromatic rings. The van der Waals surface area contributed by atoms with Crippen molar-refractivity contribution in [2.24, 2.45) is 0 Å². The standard InChI is InChI=1S/C17H18F2O/c1-10-4-5-11(2)13(6-10)8-17(20)14-9-15(18)12(3)7-16(14)19/h4-7,9,17,20H,8H2,1-3H3. The van der Waals surface area contributed by atoms with E-state index in [1.165, 1.54) is 6.92 Å². The fraction of sp³-hybridized carbons (Fsp3) is 0.294. The second kappa shape index (κ2) is 5.71. The maximum Gasteiger partial charge on any atom is 0.129 e. The van der Waals surface area contributed by atoms with E-state index in [1.807, 2.05) is 32.0 Å². The van der Waals surface area contributed by atoms with Crippen LogP contribution in [0.3, 0.4) is 0 Å². The first-order chi connectivity index (χ1) is 9.38. The number of aryl methyl sites for hydroxylation is 3. The first-order valence-electron chi connectivity index (χ1n) is 6.58. The molecule has 1 nitrogen and oxygen atoms in total. The molecule has 0 amide bonds. The third-order valence-corrected chi connectivity index (χ3v) is 3.55. The predicted octanol–water partition coefficient (Wildman–Crippen LogP) is 4.17. The SMILES string of the molecule is Cc1ccc(C)c(CC(O)c2cc(F)c(C)cc2F)c1. The lowest BCUT2D eigenvalue weighted by Crippen LogP contribution is -2.07. The van der Waals surface area contributed by atoms with E-state index < -0.39 is 17.7 Å². The molecule has 2 aromatic carbocycles. The van der Waals surface area contributed by atoms with Crippen molar-refractivity contribution in [1.29, 1.82) is 0 Å². The van der Waals surface area contributed by atoms with E-state index in [2.05, 4.69) is 0 Å². The molecule has 0 fully saturated rings. The molecular formula is C17H18F2O. The van der Waals surface area contributed by atoms with E-state index in [0.29, 0.717) is 0 Å². The van der Waals surface area contributed by atoms with Crippen LogP contribution in [0.15, 0.2) is 30.3 Å². The average Bonchev–Trinajstić information content (AvgIpc) is 2.38. The number of rotatable bonds is 3. The summed E-state index contributed by atoms with van der Waals surface area (Å²) in [4.78, 5) is 0. The number of hydrogen-bond donors (Lipinski definition) is 1. The van der Waals surface area contributed by atoms with Gasteiger partial charge in [-0.3, -0.25) is 0 Å². The lowest BCUT2D eigenvalue weighted by atomic mass is 9.96. The molecule has 0 aliphatic carbocycles. The Morgan fingerprint density at radius 1 is 0.950 bits per heavy atom. The molecule has 0 spiro atoms. The first kappa shape index (κ1) is 14.7. The lowest BCUT2D eigenvalue weighted by molar-refractivity contribution is 0.173. The average molecular weight is 276 g/mol. The maximum atomic E-state index is 13.8. The van der Waals surface area contributed by atoms with Gasteiger partial charge in [0.1, 0.15) is 11.6 Å². The van der Waals surface area contributed by atoms with Gasteiger partial charge in [-0.15, -0.1) is 0 Å². The van der Waals surface area contributed by atoms with Crippen molar-refractivity contribution < 1.29 is 13.9 Å². The Bertz CT molecular complexity index is 635. The van der Waals surface area contributed by atoms with E-state index in [-0.39, 0.29) is 17.5 Å². The van der Waals surface area contributed by atoms with Crippen LogP contribution in [0.1, 0.15) is 33.9 Å². The summed E-state index contributed by atoms with van der Waals surface area (Å²) < 4.78 is 27.4. The summed E-state index contributed by atoms with van der Waals surface area (Å²) in [6.45, 7) is 5.40. The van der Waals surface area contributed by atoms with Crippen molar-refractivity contribution in [3.8, 4) is 0 Å². The molecule has 0 saturated heterocycles. The van der Waals surface area contributed by atoms with E-state index >= 15 is 0 Å². The van der Waals surface area contributed by atoms with Crippen LogP contribution in [0.4, 0.5) is 8.78 Å². The van der Waals surface area contributed by atoms with Gasteiger partial charge in [-0.05, 0) is 49.6 Å². The maximum absolute atomic E-state index is 13.8. The second-order valence-corrected chi connectivity index (χ2v) is 5.27. The summed E-state index contributed by atoms with van der Waals surface area (Å²) in [5, 5.41) is 10.2. The van der Waals surface area contributed by atoms with Crippen molar-refractivity contribution in [2.75, 3.05) is 0 Å². The summed E-state index contributed by atoms with van der Waals surface area (Å²) in [6, 6.07) is 8.11. The number of aliphatic hydroxyl groups is 1. The smallest absolute Gasteiger partial charge is 0.129 e. The highest BCUT2D eigenvalue weighted by atomic mass is 19.1. The van der Waals surface area contributed by atoms with E-state index in [9.17, 15) is 13.9 Å². The summed E-state index contributed by atoms with van der Waals surface area (Å²) in [5.74, 6) is -1.07. The Hall–Kier alpha value is -1.74. The molecule has 1 atom stereocenters. The quantitative estimate of drug-likeness (QED) is 0.892. The van der Waals surface area contributed by atoms with Crippen LogP contribution < -0.4 is 0 Å². The second-order valence-electron chi connectivity index (χ2n) is 5.27. The predicted molar refractivity (Wildman–Crippen MR) is 75.7 cm³/mol. The van der Waals surface area contributed by atoms with Crippen LogP contribution in [0, 0.1) is 32.4 Å². The third-order valence-electron chi connectivity index (χ3n) is 3.55. The molecule has 20 heavy (non-hydrogen) atoms. The highest BCUT2D eigenvalue weighted by Gasteiger charge is 2.17. The number of benzene rings is 2. The van der Waals surface area contributed by atoms with Gasteiger partial charge in [0, 0.05) is 12.0 Å².